The number of hydrogen-bond acceptors (Lipinski definition) is 10. The number of nitrogens with zero attached hydrogens (tertiary/aromatic N) is 4. The number of anilines is 1. The molecule has 1 aliphatic rings. The SMILES string of the molecule is COc1nc(C)nc(N(C(N)=O)S(=O)(=O)c2ccccc2C(=O)OC2COC2)n1. The van der Waals surface area contributed by atoms with Crippen LogP contribution in [0.1, 0.15) is 16.2 Å². The molecule has 0 aliphatic carbocycles. The third kappa shape index (κ3) is 4.09. The van der Waals surface area contributed by atoms with Crippen molar-refractivity contribution in [2.45, 2.75) is 17.9 Å². The van der Waals surface area contributed by atoms with Gasteiger partial charge < -0.3 is 19.9 Å². The summed E-state index contributed by atoms with van der Waals surface area (Å²) in [5, 5.41) is 0. The molecule has 29 heavy (non-hydrogen) atoms. The van der Waals surface area contributed by atoms with Crippen LogP contribution in [0.3, 0.4) is 0 Å². The van der Waals surface area contributed by atoms with E-state index in [1.54, 1.807) is 0 Å². The molecule has 0 atom stereocenters. The van der Waals surface area contributed by atoms with E-state index in [0.29, 0.717) is 0 Å². The van der Waals surface area contributed by atoms with Crippen molar-refractivity contribution < 1.29 is 32.2 Å². The first-order valence-corrected chi connectivity index (χ1v) is 9.67. The number of aromatic nitrogens is 3. The molecule has 2 heterocycles. The minimum atomic E-state index is -4.68. The summed E-state index contributed by atoms with van der Waals surface area (Å²) in [7, 11) is -3.42. The number of sulfonamides is 1. The second-order valence-corrected chi connectivity index (χ2v) is 7.59. The number of ether oxygens (including phenoxy) is 3. The predicted molar refractivity (Wildman–Crippen MR) is 96.8 cm³/mol. The second kappa shape index (κ2) is 7.97. The number of benzene rings is 1. The van der Waals surface area contributed by atoms with Gasteiger partial charge in [0.25, 0.3) is 16.0 Å². The molecular weight excluding hydrogens is 406 g/mol. The molecule has 13 heteroatoms. The summed E-state index contributed by atoms with van der Waals surface area (Å²) in [6.45, 7) is 1.89. The highest BCUT2D eigenvalue weighted by Crippen LogP contribution is 2.25. The molecular formula is C16H17N5O7S. The molecule has 0 bridgehead atoms. The summed E-state index contributed by atoms with van der Waals surface area (Å²) in [6, 6.07) is 3.64. The molecule has 2 amide bonds. The van der Waals surface area contributed by atoms with E-state index in [0.717, 1.165) is 6.07 Å². The molecule has 0 saturated carbocycles. The van der Waals surface area contributed by atoms with E-state index >= 15 is 0 Å². The van der Waals surface area contributed by atoms with E-state index in [9.17, 15) is 18.0 Å². The first-order valence-electron chi connectivity index (χ1n) is 8.23. The lowest BCUT2D eigenvalue weighted by Gasteiger charge is -2.26. The number of urea groups is 1. The maximum absolute atomic E-state index is 13.2. The molecule has 1 aliphatic heterocycles. The van der Waals surface area contributed by atoms with E-state index in [1.165, 1.54) is 32.2 Å². The quantitative estimate of drug-likeness (QED) is 0.626. The Hall–Kier alpha value is -3.32. The average Bonchev–Trinajstić information content (AvgIpc) is 2.63. The van der Waals surface area contributed by atoms with Crippen molar-refractivity contribution in [3.8, 4) is 6.01 Å². The highest BCUT2D eigenvalue weighted by molar-refractivity contribution is 7.93. The maximum Gasteiger partial charge on any atom is 0.339 e. The van der Waals surface area contributed by atoms with Gasteiger partial charge in [0.2, 0.25) is 0 Å². The Morgan fingerprint density at radius 3 is 2.48 bits per heavy atom. The van der Waals surface area contributed by atoms with Crippen LogP contribution in [0.4, 0.5) is 10.7 Å². The lowest BCUT2D eigenvalue weighted by Crippen LogP contribution is -2.43. The van der Waals surface area contributed by atoms with Gasteiger partial charge in [0, 0.05) is 0 Å². The second-order valence-electron chi connectivity index (χ2n) is 5.84. The number of esters is 1. The van der Waals surface area contributed by atoms with E-state index in [1.807, 2.05) is 0 Å². The molecule has 1 aromatic heterocycles. The van der Waals surface area contributed by atoms with Gasteiger partial charge in [0.05, 0.1) is 25.9 Å². The number of aryl methyl sites for hydroxylation is 1. The average molecular weight is 423 g/mol. The minimum Gasteiger partial charge on any atom is -0.467 e. The Balaban J connectivity index is 2.07. The van der Waals surface area contributed by atoms with Crippen LogP contribution in [0.15, 0.2) is 29.2 Å². The van der Waals surface area contributed by atoms with Crippen LogP contribution in [0.25, 0.3) is 0 Å². The Labute approximate surface area is 165 Å². The van der Waals surface area contributed by atoms with Crippen molar-refractivity contribution in [2.75, 3.05) is 24.6 Å². The van der Waals surface area contributed by atoms with Crippen LogP contribution < -0.4 is 14.8 Å². The molecule has 0 spiro atoms. The summed E-state index contributed by atoms with van der Waals surface area (Å²) in [5.74, 6) is -1.37. The van der Waals surface area contributed by atoms with Crippen LogP contribution in [-0.2, 0) is 19.5 Å². The topological polar surface area (TPSA) is 164 Å². The van der Waals surface area contributed by atoms with Crippen LogP contribution >= 0.6 is 0 Å². The van der Waals surface area contributed by atoms with Crippen molar-refractivity contribution in [3.05, 3.63) is 35.7 Å². The maximum atomic E-state index is 13.2. The monoisotopic (exact) mass is 423 g/mol. The van der Waals surface area contributed by atoms with E-state index in [2.05, 4.69) is 15.0 Å². The third-order valence-corrected chi connectivity index (χ3v) is 5.52. The zero-order chi connectivity index (χ0) is 21.2. The summed E-state index contributed by atoms with van der Waals surface area (Å²) >= 11 is 0. The van der Waals surface area contributed by atoms with Gasteiger partial charge in [0.15, 0.2) is 0 Å². The lowest BCUT2D eigenvalue weighted by molar-refractivity contribution is -0.103. The number of carbonyl (C=O) groups is 2. The van der Waals surface area contributed by atoms with Crippen molar-refractivity contribution >= 4 is 28.0 Å². The summed E-state index contributed by atoms with van der Waals surface area (Å²) in [4.78, 5) is 35.5. The van der Waals surface area contributed by atoms with Crippen molar-refractivity contribution in [1.29, 1.82) is 0 Å². The molecule has 154 valence electrons. The highest BCUT2D eigenvalue weighted by atomic mass is 32.2. The summed E-state index contributed by atoms with van der Waals surface area (Å²) < 4.78 is 41.6. The van der Waals surface area contributed by atoms with Crippen LogP contribution in [0, 0.1) is 6.92 Å². The molecule has 1 fully saturated rings. The van der Waals surface area contributed by atoms with Crippen LogP contribution in [0.5, 0.6) is 6.01 Å². The number of carbonyl (C=O) groups excluding carboxylic acids is 2. The molecule has 0 unspecified atom stereocenters. The van der Waals surface area contributed by atoms with Crippen molar-refractivity contribution in [1.82, 2.24) is 15.0 Å². The standard InChI is InChI=1S/C16H17N5O7S/c1-9-18-15(20-16(19-9)26-2)21(14(17)23)29(24,25)12-6-4-3-5-11(12)13(22)28-10-7-27-8-10/h3-6,10H,7-8H2,1-2H3,(H2,17,23). The smallest absolute Gasteiger partial charge is 0.339 e. The zero-order valence-electron chi connectivity index (χ0n) is 15.4. The Morgan fingerprint density at radius 1 is 1.21 bits per heavy atom. The number of nitrogens with two attached hydrogens (primary N) is 1. The number of hydrogen-bond donors (Lipinski definition) is 1. The number of rotatable bonds is 6. The minimum absolute atomic E-state index is 0.0889. The van der Waals surface area contributed by atoms with Gasteiger partial charge in [-0.2, -0.15) is 15.0 Å². The molecule has 3 rings (SSSR count). The fourth-order valence-corrected chi connectivity index (χ4v) is 3.82. The van der Waals surface area contributed by atoms with E-state index < -0.39 is 39.0 Å². The van der Waals surface area contributed by atoms with Crippen LogP contribution in [0.2, 0.25) is 0 Å². The first-order chi connectivity index (χ1) is 13.7. The molecule has 2 N–H and O–H groups in total. The van der Waals surface area contributed by atoms with Gasteiger partial charge in [-0.1, -0.05) is 12.1 Å². The fraction of sp³-hybridized carbons (Fsp3) is 0.312. The van der Waals surface area contributed by atoms with Gasteiger partial charge in [-0.3, -0.25) is 0 Å². The molecule has 2 aromatic rings. The fourth-order valence-electron chi connectivity index (χ4n) is 2.41. The summed E-state index contributed by atoms with van der Waals surface area (Å²) in [5.41, 5.74) is 5.03. The molecule has 1 saturated heterocycles. The van der Waals surface area contributed by atoms with Gasteiger partial charge in [-0.25, -0.2) is 18.0 Å². The van der Waals surface area contributed by atoms with Gasteiger partial charge in [0.1, 0.15) is 16.8 Å². The van der Waals surface area contributed by atoms with Crippen molar-refractivity contribution in [3.63, 3.8) is 0 Å². The van der Waals surface area contributed by atoms with Gasteiger partial charge in [-0.05, 0) is 19.1 Å². The normalized spacial score (nSPS) is 14.0. The predicted octanol–water partition coefficient (Wildman–Crippen LogP) is 0.0182. The van der Waals surface area contributed by atoms with Gasteiger partial charge >= 0.3 is 18.0 Å². The number of amides is 2. The molecule has 0 radical (unpaired) electrons. The Morgan fingerprint density at radius 2 is 1.90 bits per heavy atom. The zero-order valence-corrected chi connectivity index (χ0v) is 16.2. The van der Waals surface area contributed by atoms with E-state index in [-0.39, 0.29) is 34.9 Å². The Kier molecular flexibility index (Phi) is 5.61. The summed E-state index contributed by atoms with van der Waals surface area (Å²) in [6.07, 6.45) is -0.471. The highest BCUT2D eigenvalue weighted by Gasteiger charge is 2.36. The Bertz CT molecular complexity index is 1060. The van der Waals surface area contributed by atoms with E-state index in [4.69, 9.17) is 19.9 Å². The molecule has 12 nitrogen and oxygen atoms in total. The van der Waals surface area contributed by atoms with Gasteiger partial charge in [-0.15, -0.1) is 4.31 Å². The van der Waals surface area contributed by atoms with Crippen molar-refractivity contribution in [2.24, 2.45) is 5.73 Å². The largest absolute Gasteiger partial charge is 0.467 e. The number of methoxy groups -OCH3 is 1. The lowest BCUT2D eigenvalue weighted by atomic mass is 10.2. The number of primary amides is 1. The molecule has 1 aromatic carbocycles. The first kappa shape index (κ1) is 20.4. The van der Waals surface area contributed by atoms with Crippen LogP contribution in [-0.4, -0.2) is 61.8 Å². The third-order valence-electron chi connectivity index (χ3n) is 3.79.